The predicted octanol–water partition coefficient (Wildman–Crippen LogP) is 4.85. The second-order valence-corrected chi connectivity index (χ2v) is 20.1. The molecule has 8 bridgehead atoms. The average molecular weight is 849 g/mol. The summed E-state index contributed by atoms with van der Waals surface area (Å²) in [6.07, 6.45) is 30.0. The quantitative estimate of drug-likeness (QED) is 0.154. The number of ether oxygens (including phenoxy) is 7. The number of carbonyl (C=O) groups is 6. The Balaban J connectivity index is 0.000000100. The Morgan fingerprint density at radius 3 is 1.48 bits per heavy atom. The topological polar surface area (TPSA) is 167 Å². The molecule has 326 valence electrons. The number of rotatable bonds is 6. The lowest BCUT2D eigenvalue weighted by atomic mass is 9.69. The summed E-state index contributed by atoms with van der Waals surface area (Å²) in [5.74, 6) is 2.70. The Morgan fingerprint density at radius 2 is 0.984 bits per heavy atom. The van der Waals surface area contributed by atoms with E-state index in [0.717, 1.165) is 50.4 Å². The van der Waals surface area contributed by atoms with Crippen LogP contribution in [0, 0.1) is 82.9 Å². The van der Waals surface area contributed by atoms with Crippen LogP contribution in [0.2, 0.25) is 0 Å². The third-order valence-electron chi connectivity index (χ3n) is 17.0. The lowest BCUT2D eigenvalue weighted by Crippen LogP contribution is -2.38. The van der Waals surface area contributed by atoms with Gasteiger partial charge in [-0.05, 0) is 123 Å². The standard InChI is InChI=1S/C20H22O4.C15H16O4.C14H14O5/c21-19(24-18-12-2-1-3-15(12)23-20(18)22)14-8-11-7-13(14)17-10-5-4-9(6-10)16(11)17;16-14(11-7-8-4-5-9(11)6-8)19-13-10-2-1-3-12(10)18-15(13)17;15-13(9-6-7-4-5-11(9)17-7)19-12-8-2-1-3-10(8)18-14(12)16/h1,3-5,9-18H,2,6-8H2;1,3-5,8-13H,2,6-7H2;1,3-5,7-12H,2,6H2. The van der Waals surface area contributed by atoms with Crippen LogP contribution in [0.25, 0.3) is 0 Å². The first kappa shape index (κ1) is 38.9. The lowest BCUT2D eigenvalue weighted by molar-refractivity contribution is -0.167. The second-order valence-electron chi connectivity index (χ2n) is 20.1. The van der Waals surface area contributed by atoms with Crippen molar-refractivity contribution in [3.63, 3.8) is 0 Å². The Bertz CT molecular complexity index is 2040. The molecule has 4 saturated carbocycles. The Kier molecular flexibility index (Phi) is 9.35. The highest BCUT2D eigenvalue weighted by Gasteiger charge is 2.63. The monoisotopic (exact) mass is 848 g/mol. The van der Waals surface area contributed by atoms with Crippen LogP contribution in [0.1, 0.15) is 57.8 Å². The highest BCUT2D eigenvalue weighted by atomic mass is 16.6. The molecule has 22 unspecified atom stereocenters. The normalized spacial score (nSPS) is 49.3. The molecule has 13 nitrogen and oxygen atoms in total. The largest absolute Gasteiger partial charge is 0.455 e. The van der Waals surface area contributed by atoms with Gasteiger partial charge in [-0.1, -0.05) is 54.7 Å². The summed E-state index contributed by atoms with van der Waals surface area (Å²) >= 11 is 0. The maximum absolute atomic E-state index is 12.9. The van der Waals surface area contributed by atoms with Gasteiger partial charge in [-0.25, -0.2) is 14.4 Å². The van der Waals surface area contributed by atoms with E-state index in [1.54, 1.807) is 0 Å². The van der Waals surface area contributed by atoms with Crippen molar-refractivity contribution in [3.05, 3.63) is 72.9 Å². The van der Waals surface area contributed by atoms with Crippen LogP contribution in [-0.2, 0) is 61.9 Å². The van der Waals surface area contributed by atoms with Gasteiger partial charge in [0.1, 0.15) is 18.3 Å². The van der Waals surface area contributed by atoms with Crippen LogP contribution in [0.3, 0.4) is 0 Å². The number of hydrogen-bond donors (Lipinski definition) is 0. The molecule has 14 aliphatic rings. The molecule has 62 heavy (non-hydrogen) atoms. The van der Waals surface area contributed by atoms with Gasteiger partial charge < -0.3 is 33.2 Å². The van der Waals surface area contributed by atoms with Gasteiger partial charge >= 0.3 is 35.8 Å². The molecule has 14 rings (SSSR count). The van der Waals surface area contributed by atoms with Crippen LogP contribution in [0.15, 0.2) is 72.9 Å². The molecule has 4 saturated heterocycles. The molecule has 5 aliphatic heterocycles. The van der Waals surface area contributed by atoms with E-state index in [2.05, 4.69) is 24.3 Å². The lowest BCUT2D eigenvalue weighted by Gasteiger charge is -2.36. The van der Waals surface area contributed by atoms with Crippen molar-refractivity contribution in [3.8, 4) is 0 Å². The molecule has 0 amide bonds. The number of esters is 6. The van der Waals surface area contributed by atoms with E-state index >= 15 is 0 Å². The van der Waals surface area contributed by atoms with E-state index < -0.39 is 24.3 Å². The second kappa shape index (κ2) is 14.9. The van der Waals surface area contributed by atoms with E-state index in [4.69, 9.17) is 33.2 Å². The highest BCUT2D eigenvalue weighted by Crippen LogP contribution is 2.67. The van der Waals surface area contributed by atoms with Gasteiger partial charge in [-0.3, -0.25) is 14.4 Å². The summed E-state index contributed by atoms with van der Waals surface area (Å²) < 4.78 is 37.9. The average Bonchev–Trinajstić information content (AvgIpc) is 4.10. The Hall–Kier alpha value is -4.78. The van der Waals surface area contributed by atoms with Crippen molar-refractivity contribution in [2.75, 3.05) is 0 Å². The third-order valence-corrected chi connectivity index (χ3v) is 17.0. The summed E-state index contributed by atoms with van der Waals surface area (Å²) in [6, 6.07) is 0. The maximum atomic E-state index is 12.9. The molecular weight excluding hydrogens is 797 g/mol. The first-order valence-corrected chi connectivity index (χ1v) is 23.1. The van der Waals surface area contributed by atoms with Gasteiger partial charge in [-0.2, -0.15) is 0 Å². The van der Waals surface area contributed by atoms with Crippen LogP contribution < -0.4 is 0 Å². The van der Waals surface area contributed by atoms with Crippen LogP contribution >= 0.6 is 0 Å². The first-order valence-electron chi connectivity index (χ1n) is 23.1. The van der Waals surface area contributed by atoms with Gasteiger partial charge in [0.15, 0.2) is 0 Å². The minimum absolute atomic E-state index is 0.00165. The van der Waals surface area contributed by atoms with Crippen LogP contribution in [0.5, 0.6) is 0 Å². The minimum atomic E-state index is -0.754. The molecule has 0 aromatic rings. The molecule has 0 aromatic carbocycles. The maximum Gasteiger partial charge on any atom is 0.348 e. The van der Waals surface area contributed by atoms with Crippen LogP contribution in [0.4, 0.5) is 0 Å². The molecule has 0 radical (unpaired) electrons. The van der Waals surface area contributed by atoms with Crippen molar-refractivity contribution < 1.29 is 61.9 Å². The van der Waals surface area contributed by atoms with Gasteiger partial charge in [0.2, 0.25) is 18.3 Å². The van der Waals surface area contributed by atoms with Gasteiger partial charge in [0, 0.05) is 0 Å². The molecule has 8 fully saturated rings. The summed E-state index contributed by atoms with van der Waals surface area (Å²) in [4.78, 5) is 72.8. The molecule has 0 N–H and O–H groups in total. The summed E-state index contributed by atoms with van der Waals surface area (Å²) in [7, 11) is 0. The van der Waals surface area contributed by atoms with E-state index in [1.807, 2.05) is 48.6 Å². The number of fused-ring (bicyclic) bond motifs is 16. The molecule has 9 aliphatic carbocycles. The third kappa shape index (κ3) is 6.32. The Labute approximate surface area is 359 Å². The predicted molar refractivity (Wildman–Crippen MR) is 213 cm³/mol. The van der Waals surface area contributed by atoms with E-state index in [9.17, 15) is 28.8 Å². The molecule has 22 atom stereocenters. The fourth-order valence-electron chi connectivity index (χ4n) is 14.2. The zero-order valence-electron chi connectivity index (χ0n) is 34.3. The molecule has 0 spiro atoms. The zero-order valence-corrected chi connectivity index (χ0v) is 34.3. The van der Waals surface area contributed by atoms with Crippen LogP contribution in [-0.4, -0.2) is 84.6 Å². The molecule has 5 heterocycles. The highest BCUT2D eigenvalue weighted by molar-refractivity contribution is 5.85. The summed E-state index contributed by atoms with van der Waals surface area (Å²) in [5.41, 5.74) is 0. The SMILES string of the molecule is O=C(OC1C(=O)OC2C=CCC21)C1CC2C=CC1C2.O=C(OC1C(=O)OC2C=CCC21)C1CC2C=CC1O2.O=C(OC1C(=O)OC2C=CCC21)C1CC2CC1C1C3C=CC(C3)C21. The summed E-state index contributed by atoms with van der Waals surface area (Å²) in [6.45, 7) is 0. The number of hydrogen-bond acceptors (Lipinski definition) is 13. The fraction of sp³-hybridized carbons (Fsp3) is 0.633. The van der Waals surface area contributed by atoms with Crippen molar-refractivity contribution in [1.82, 2.24) is 0 Å². The van der Waals surface area contributed by atoms with Crippen molar-refractivity contribution in [2.45, 2.75) is 107 Å². The van der Waals surface area contributed by atoms with Crippen molar-refractivity contribution in [2.24, 2.45) is 82.9 Å². The van der Waals surface area contributed by atoms with E-state index in [-0.39, 0.29) is 95.9 Å². The summed E-state index contributed by atoms with van der Waals surface area (Å²) in [5, 5.41) is 0. The van der Waals surface area contributed by atoms with E-state index in [1.165, 1.54) is 12.8 Å². The minimum Gasteiger partial charge on any atom is -0.455 e. The van der Waals surface area contributed by atoms with Crippen molar-refractivity contribution >= 4 is 35.8 Å². The molecule has 13 heteroatoms. The smallest absolute Gasteiger partial charge is 0.348 e. The number of carbonyl (C=O) groups excluding carboxylic acids is 6. The zero-order chi connectivity index (χ0) is 42.0. The fourth-order valence-corrected chi connectivity index (χ4v) is 14.2. The van der Waals surface area contributed by atoms with Gasteiger partial charge in [0.25, 0.3) is 0 Å². The molecular formula is C49H52O13. The molecule has 0 aromatic heterocycles. The van der Waals surface area contributed by atoms with Gasteiger partial charge in [-0.15, -0.1) is 0 Å². The van der Waals surface area contributed by atoms with Gasteiger partial charge in [0.05, 0.1) is 47.7 Å². The number of allylic oxidation sites excluding steroid dienone is 7. The Morgan fingerprint density at radius 1 is 0.452 bits per heavy atom. The van der Waals surface area contributed by atoms with Crippen molar-refractivity contribution in [1.29, 1.82) is 0 Å². The first-order chi connectivity index (χ1) is 30.1. The van der Waals surface area contributed by atoms with E-state index in [0.29, 0.717) is 41.9 Å².